The Morgan fingerprint density at radius 3 is 2.67 bits per heavy atom. The van der Waals surface area contributed by atoms with E-state index >= 15 is 0 Å². The van der Waals surface area contributed by atoms with Crippen LogP contribution in [0.15, 0.2) is 29.8 Å². The molecule has 0 spiro atoms. The molecule has 1 aromatic carbocycles. The molecule has 3 amide bonds. The number of rotatable bonds is 4. The van der Waals surface area contributed by atoms with Crippen LogP contribution in [0.5, 0.6) is 5.75 Å². The van der Waals surface area contributed by atoms with Crippen molar-refractivity contribution in [3.05, 3.63) is 41.2 Å². The van der Waals surface area contributed by atoms with E-state index < -0.39 is 17.8 Å². The summed E-state index contributed by atoms with van der Waals surface area (Å²) in [6.45, 7) is 1.21. The van der Waals surface area contributed by atoms with Gasteiger partial charge in [0.1, 0.15) is 23.2 Å². The molecule has 0 aromatic heterocycles. The molecule has 2 aliphatic rings. The third kappa shape index (κ3) is 4.45. The van der Waals surface area contributed by atoms with Gasteiger partial charge >= 0.3 is 0 Å². The highest BCUT2D eigenvalue weighted by atomic mass is 19.1. The molecule has 0 bridgehead atoms. The van der Waals surface area contributed by atoms with Crippen LogP contribution in [0.2, 0.25) is 0 Å². The number of amides is 3. The van der Waals surface area contributed by atoms with Crippen LogP contribution in [0.4, 0.5) is 4.39 Å². The summed E-state index contributed by atoms with van der Waals surface area (Å²) in [6, 6.07) is 3.34. The van der Waals surface area contributed by atoms with Gasteiger partial charge in [-0.1, -0.05) is 17.7 Å². The molecule has 27 heavy (non-hydrogen) atoms. The summed E-state index contributed by atoms with van der Waals surface area (Å²) in [5.74, 6) is -1.91. The van der Waals surface area contributed by atoms with Gasteiger partial charge in [-0.15, -0.1) is 0 Å². The number of hydrogen-bond donors (Lipinski definition) is 3. The van der Waals surface area contributed by atoms with Gasteiger partial charge in [-0.3, -0.25) is 14.4 Å². The smallest absolute Gasteiger partial charge is 0.260 e. The van der Waals surface area contributed by atoms with E-state index in [9.17, 15) is 23.9 Å². The molecule has 3 N–H and O–H groups in total. The van der Waals surface area contributed by atoms with Crippen LogP contribution in [0.3, 0.4) is 0 Å². The van der Waals surface area contributed by atoms with Gasteiger partial charge in [0.05, 0.1) is 0 Å². The number of piperidine rings is 1. The first-order valence-electron chi connectivity index (χ1n) is 8.97. The van der Waals surface area contributed by atoms with Crippen molar-refractivity contribution in [3.63, 3.8) is 0 Å². The number of likely N-dealkylation sites (tertiary alicyclic amines) is 1. The van der Waals surface area contributed by atoms with Crippen molar-refractivity contribution in [2.24, 2.45) is 0 Å². The average molecular weight is 375 g/mol. The van der Waals surface area contributed by atoms with Crippen LogP contribution >= 0.6 is 0 Å². The van der Waals surface area contributed by atoms with Gasteiger partial charge in [0.2, 0.25) is 11.8 Å². The molecule has 2 aliphatic heterocycles. The fourth-order valence-electron chi connectivity index (χ4n) is 3.31. The van der Waals surface area contributed by atoms with E-state index in [1.807, 2.05) is 6.08 Å². The predicted molar refractivity (Wildman–Crippen MR) is 95.5 cm³/mol. The largest absolute Gasteiger partial charge is 0.507 e. The lowest BCUT2D eigenvalue weighted by atomic mass is 10.0. The average Bonchev–Trinajstić information content (AvgIpc) is 3.08. The standard InChI is InChI=1S/C19H22FN3O4/c20-13-2-1-3-15(24)17(13)19(27)23-10-7-12(8-11-23)6-9-21-18(26)14-4-5-16(25)22-14/h1-3,6,14,24H,4-5,7-11H2,(H,21,26)(H,22,25). The minimum Gasteiger partial charge on any atom is -0.507 e. The number of hydrogen-bond acceptors (Lipinski definition) is 4. The van der Waals surface area contributed by atoms with Gasteiger partial charge in [0.15, 0.2) is 0 Å². The van der Waals surface area contributed by atoms with Crippen molar-refractivity contribution >= 4 is 17.7 Å². The molecule has 0 radical (unpaired) electrons. The van der Waals surface area contributed by atoms with Gasteiger partial charge < -0.3 is 20.6 Å². The summed E-state index contributed by atoms with van der Waals surface area (Å²) in [4.78, 5) is 37.0. The topological polar surface area (TPSA) is 98.7 Å². The predicted octanol–water partition coefficient (Wildman–Crippen LogP) is 1.09. The zero-order chi connectivity index (χ0) is 19.4. The summed E-state index contributed by atoms with van der Waals surface area (Å²) in [6.07, 6.45) is 4.05. The van der Waals surface area contributed by atoms with E-state index in [1.165, 1.54) is 17.0 Å². The fourth-order valence-corrected chi connectivity index (χ4v) is 3.31. The zero-order valence-corrected chi connectivity index (χ0v) is 14.8. The number of phenols is 1. The molecule has 1 aromatic rings. The number of halogens is 1. The molecule has 2 fully saturated rings. The minimum absolute atomic E-state index is 0.105. The molecule has 1 atom stereocenters. The van der Waals surface area contributed by atoms with Crippen LogP contribution < -0.4 is 10.6 Å². The molecule has 0 aliphatic carbocycles. The highest BCUT2D eigenvalue weighted by molar-refractivity contribution is 5.97. The molecule has 3 rings (SSSR count). The second kappa shape index (κ2) is 8.20. The maximum Gasteiger partial charge on any atom is 0.260 e. The molecule has 8 heteroatoms. The van der Waals surface area contributed by atoms with Crippen LogP contribution in [0.25, 0.3) is 0 Å². The second-order valence-corrected chi connectivity index (χ2v) is 6.69. The summed E-state index contributed by atoms with van der Waals surface area (Å²) < 4.78 is 13.8. The molecule has 2 saturated heterocycles. The van der Waals surface area contributed by atoms with Gasteiger partial charge in [-0.2, -0.15) is 0 Å². The van der Waals surface area contributed by atoms with Gasteiger partial charge in [0, 0.05) is 26.1 Å². The second-order valence-electron chi connectivity index (χ2n) is 6.69. The molecule has 7 nitrogen and oxygen atoms in total. The van der Waals surface area contributed by atoms with E-state index in [4.69, 9.17) is 0 Å². The number of phenolic OH excluding ortho intramolecular Hbond substituents is 1. The van der Waals surface area contributed by atoms with Crippen LogP contribution in [0, 0.1) is 5.82 Å². The number of nitrogens with zero attached hydrogens (tertiary/aromatic N) is 1. The Morgan fingerprint density at radius 2 is 2.04 bits per heavy atom. The number of carbonyl (C=O) groups excluding carboxylic acids is 3. The van der Waals surface area contributed by atoms with Crippen molar-refractivity contribution in [2.45, 2.75) is 31.7 Å². The summed E-state index contributed by atoms with van der Waals surface area (Å²) in [5.41, 5.74) is 0.809. The lowest BCUT2D eigenvalue weighted by molar-refractivity contribution is -0.125. The van der Waals surface area contributed by atoms with E-state index in [0.29, 0.717) is 45.3 Å². The van der Waals surface area contributed by atoms with Crippen LogP contribution in [-0.4, -0.2) is 53.4 Å². The van der Waals surface area contributed by atoms with Gasteiger partial charge in [0.25, 0.3) is 5.91 Å². The zero-order valence-electron chi connectivity index (χ0n) is 14.8. The number of carbonyl (C=O) groups is 3. The Balaban J connectivity index is 1.48. The van der Waals surface area contributed by atoms with Crippen molar-refractivity contribution in [1.29, 1.82) is 0 Å². The maximum atomic E-state index is 13.8. The maximum absolute atomic E-state index is 13.8. The summed E-state index contributed by atoms with van der Waals surface area (Å²) in [7, 11) is 0. The first-order chi connectivity index (χ1) is 13.0. The van der Waals surface area contributed by atoms with E-state index in [2.05, 4.69) is 10.6 Å². The lowest BCUT2D eigenvalue weighted by Gasteiger charge is -2.29. The first kappa shape index (κ1) is 18.9. The molecule has 2 heterocycles. The molecular weight excluding hydrogens is 353 g/mol. The Bertz CT molecular complexity index is 763. The van der Waals surface area contributed by atoms with Crippen LogP contribution in [-0.2, 0) is 9.59 Å². The van der Waals surface area contributed by atoms with E-state index in [-0.39, 0.29) is 23.1 Å². The fraction of sp³-hybridized carbons (Fsp3) is 0.421. The minimum atomic E-state index is -0.733. The Morgan fingerprint density at radius 1 is 1.30 bits per heavy atom. The Kier molecular flexibility index (Phi) is 5.73. The summed E-state index contributed by atoms with van der Waals surface area (Å²) in [5, 5.41) is 15.1. The molecule has 0 saturated carbocycles. The molecular formula is C19H22FN3O4. The number of aromatic hydroxyl groups is 1. The third-order valence-electron chi connectivity index (χ3n) is 4.88. The quantitative estimate of drug-likeness (QED) is 0.686. The monoisotopic (exact) mass is 375 g/mol. The van der Waals surface area contributed by atoms with Gasteiger partial charge in [-0.25, -0.2) is 4.39 Å². The van der Waals surface area contributed by atoms with E-state index in [0.717, 1.165) is 11.6 Å². The van der Waals surface area contributed by atoms with Crippen molar-refractivity contribution in [2.75, 3.05) is 19.6 Å². The van der Waals surface area contributed by atoms with Crippen molar-refractivity contribution < 1.29 is 23.9 Å². The highest BCUT2D eigenvalue weighted by Gasteiger charge is 2.27. The van der Waals surface area contributed by atoms with Crippen molar-refractivity contribution in [3.8, 4) is 5.75 Å². The van der Waals surface area contributed by atoms with Crippen molar-refractivity contribution in [1.82, 2.24) is 15.5 Å². The van der Waals surface area contributed by atoms with E-state index in [1.54, 1.807) is 0 Å². The Hall–Kier alpha value is -2.90. The number of nitrogens with one attached hydrogen (secondary N) is 2. The van der Waals surface area contributed by atoms with Gasteiger partial charge in [-0.05, 0) is 31.4 Å². The SMILES string of the molecule is O=C1CCC(C(=O)NCC=C2CCN(C(=O)c3c(O)cccc3F)CC2)N1. The summed E-state index contributed by atoms with van der Waals surface area (Å²) >= 11 is 0. The highest BCUT2D eigenvalue weighted by Crippen LogP contribution is 2.24. The Labute approximate surface area is 156 Å². The normalized spacial score (nSPS) is 19.6. The molecule has 1 unspecified atom stereocenters. The molecule has 144 valence electrons. The third-order valence-corrected chi connectivity index (χ3v) is 4.88. The number of benzene rings is 1. The van der Waals surface area contributed by atoms with Crippen LogP contribution in [0.1, 0.15) is 36.0 Å². The lowest BCUT2D eigenvalue weighted by Crippen LogP contribution is -2.41. The first-order valence-corrected chi connectivity index (χ1v) is 8.97.